The highest BCUT2D eigenvalue weighted by atomic mass is 16.6. The van der Waals surface area contributed by atoms with E-state index >= 15 is 0 Å². The van der Waals surface area contributed by atoms with Gasteiger partial charge in [0.2, 0.25) is 52.8 Å². The first kappa shape index (κ1) is 114. The van der Waals surface area contributed by atoms with Crippen molar-refractivity contribution in [3.05, 3.63) is 49.5 Å². The molecule has 796 valence electrons. The third-order valence-corrected chi connectivity index (χ3v) is 31.7. The zero-order valence-electron chi connectivity index (χ0n) is 88.7. The van der Waals surface area contributed by atoms with Gasteiger partial charge in [0.15, 0.2) is 0 Å². The van der Waals surface area contributed by atoms with Gasteiger partial charge < -0.3 is 97.5 Å². The average Bonchev–Trinajstić information content (AvgIpc) is 1.53. The Balaban J connectivity index is 0.000000220. The van der Waals surface area contributed by atoms with Gasteiger partial charge in [0.1, 0.15) is 77.9 Å². The van der Waals surface area contributed by atoms with Gasteiger partial charge in [-0.15, -0.1) is 13.2 Å². The third kappa shape index (κ3) is 27.9. The number of Topliss-reactive ketones (excluding diaryl/α,β-unsaturated/α-hetero) is 3. The van der Waals surface area contributed by atoms with Crippen LogP contribution in [0, 0.1) is 104 Å². The van der Waals surface area contributed by atoms with E-state index in [4.69, 9.17) is 24.4 Å². The van der Waals surface area contributed by atoms with Crippen LogP contribution in [-0.2, 0) is 92.7 Å². The first-order valence-corrected chi connectivity index (χ1v) is 52.0. The lowest BCUT2D eigenvalue weighted by Crippen LogP contribution is -2.64. The molecule has 143 heavy (non-hydrogen) atoms. The average molecular weight is 2000 g/mol. The Kier molecular flexibility index (Phi) is 36.6. The fraction of sp³-hybridized carbons (Fsp3) is 0.755. The van der Waals surface area contributed by atoms with Gasteiger partial charge in [0, 0.05) is 32.7 Å². The third-order valence-electron chi connectivity index (χ3n) is 31.7. The lowest BCUT2D eigenvalue weighted by Gasteiger charge is -2.39. The number of nitrogens with one attached hydrogen (secondary N) is 11. The highest BCUT2D eigenvalue weighted by Crippen LogP contribution is 2.67. The first-order chi connectivity index (χ1) is 66.7. The molecule has 0 radical (unpaired) electrons. The summed E-state index contributed by atoms with van der Waals surface area (Å²) in [5, 5.41) is 30.2. The maximum atomic E-state index is 14.4. The van der Waals surface area contributed by atoms with Gasteiger partial charge in [-0.25, -0.2) is 28.8 Å². The van der Waals surface area contributed by atoms with E-state index in [2.05, 4.69) is 85.5 Å². The van der Waals surface area contributed by atoms with Crippen molar-refractivity contribution in [2.75, 3.05) is 32.7 Å². The van der Waals surface area contributed by atoms with Crippen LogP contribution in [0.5, 0.6) is 0 Å². The predicted octanol–water partition coefficient (Wildman–Crippen LogP) is 9.14. The van der Waals surface area contributed by atoms with E-state index in [-0.39, 0.29) is 108 Å². The molecule has 11 fully saturated rings. The largest absolute Gasteiger partial charge is 0.466 e. The van der Waals surface area contributed by atoms with Crippen LogP contribution < -0.4 is 64.2 Å². The summed E-state index contributed by atoms with van der Waals surface area (Å²) in [4.78, 5) is 245. The van der Waals surface area contributed by atoms with Gasteiger partial charge in [-0.1, -0.05) is 209 Å². The Bertz CT molecular complexity index is 4870. The van der Waals surface area contributed by atoms with E-state index in [9.17, 15) is 86.3 Å². The van der Waals surface area contributed by atoms with Crippen LogP contribution in [0.15, 0.2) is 48.1 Å². The highest BCUT2D eigenvalue weighted by Gasteiger charge is 2.73. The van der Waals surface area contributed by atoms with E-state index in [1.165, 1.54) is 33.1 Å². The Morgan fingerprint density at radius 1 is 0.497 bits per heavy atom. The van der Waals surface area contributed by atoms with Crippen molar-refractivity contribution in [1.82, 2.24) is 73.2 Å². The Labute approximate surface area is 843 Å². The number of amides is 15. The van der Waals surface area contributed by atoms with Crippen molar-refractivity contribution < 1.29 is 105 Å². The van der Waals surface area contributed by atoms with Gasteiger partial charge in [0.25, 0.3) is 17.7 Å². The highest BCUT2D eigenvalue weighted by molar-refractivity contribution is 6.39. The number of primary amides is 1. The molecule has 17 atom stereocenters. The first-order valence-electron chi connectivity index (χ1n) is 52.0. The number of ketones is 3. The van der Waals surface area contributed by atoms with E-state index in [1.54, 1.807) is 12.1 Å². The monoisotopic (exact) mass is 2000 g/mol. The molecule has 0 spiro atoms. The molecule has 0 aromatic carbocycles. The summed E-state index contributed by atoms with van der Waals surface area (Å²) in [5.74, 6) is -8.38. The van der Waals surface area contributed by atoms with Gasteiger partial charge in [0.05, 0.1) is 24.4 Å². The van der Waals surface area contributed by atoms with Gasteiger partial charge in [-0.3, -0.25) is 57.5 Å². The minimum atomic E-state index is -1.26. The molecule has 3 saturated heterocycles. The maximum Gasteiger partial charge on any atom is 0.332 e. The second-order valence-electron chi connectivity index (χ2n) is 48.3. The number of furan rings is 1. The van der Waals surface area contributed by atoms with Crippen LogP contribution in [0.3, 0.4) is 0 Å². The molecule has 12 rings (SSSR count). The second-order valence-corrected chi connectivity index (χ2v) is 48.3. The molecular weight excluding hydrogens is 1840 g/mol. The topological polar surface area (TPSA) is 516 Å². The molecule has 3 unspecified atom stereocenters. The van der Waals surface area contributed by atoms with Crippen molar-refractivity contribution in [2.24, 2.45) is 109 Å². The number of fused-ring (bicyclic) bond motifs is 3. The number of carbonyl (C=O) groups excluding carboxylic acids is 18. The number of nitrogens with zero attached hydrogens (tertiary/aromatic N) is 3. The lowest BCUT2D eigenvalue weighted by atomic mass is 9.81. The van der Waals surface area contributed by atoms with Crippen LogP contribution in [-0.4, -0.2) is 238 Å². The number of rotatable bonds is 44. The smallest absolute Gasteiger partial charge is 0.332 e. The van der Waals surface area contributed by atoms with Crippen LogP contribution >= 0.6 is 0 Å². The summed E-state index contributed by atoms with van der Waals surface area (Å²) in [6.07, 6.45) is 18.3. The lowest BCUT2D eigenvalue weighted by molar-refractivity contribution is -0.162. The maximum absolute atomic E-state index is 14.4. The summed E-state index contributed by atoms with van der Waals surface area (Å²) >= 11 is 0. The molecule has 8 saturated carbocycles. The number of carbonyl (C=O) groups is 18. The summed E-state index contributed by atoms with van der Waals surface area (Å²) in [5.41, 5.74) is 0.516. The van der Waals surface area contributed by atoms with Gasteiger partial charge >= 0.3 is 36.0 Å². The molecule has 11 aliphatic rings. The van der Waals surface area contributed by atoms with Crippen LogP contribution in [0.4, 0.5) is 14.4 Å². The molecule has 8 aliphatic carbocycles. The summed E-state index contributed by atoms with van der Waals surface area (Å²) < 4.78 is 22.6. The number of esters is 3. The van der Waals surface area contributed by atoms with Crippen LogP contribution in [0.1, 0.15) is 287 Å². The summed E-state index contributed by atoms with van der Waals surface area (Å²) in [7, 11) is 0. The number of nitrogens with two attached hydrogens (primary N) is 1. The van der Waals surface area contributed by atoms with Crippen molar-refractivity contribution in [3.63, 3.8) is 0 Å². The number of hydrogen-bond acceptors (Lipinski definition) is 22. The molecule has 3 aliphatic heterocycles. The SMILES string of the molecule is C=CCNC(=O)C(=O)C(CCC)NC(=O)[C@@H]1[C@@H]2[C@H](CN1C(=O)[C@@H](NC(=O)N[C@H](C(=O)OC(C)(C)C1CC1)C(C)C)C(C)(C)C)C2(C)C.C=CCNC(=O)C(=O)C(CCCC)NC(=O)[C@@H]1[C@@H]2[C@H](CN1C(=O)[C@@H](NC(=O)N[C@H](C(=O)OC(C1CC1)C1CC1)C(C)C)C(C)(C)C)C2(C)C.CC(C)(C)[C@H](NC(=O)NC1(C(=O)OCc2ccco2)CCCCC1)C(=O)N1C[C@H]2[C@@H]([C@H]1C(=O)NC(CC1CC1)C(=O)C(N)=O)C2(C)C. The summed E-state index contributed by atoms with van der Waals surface area (Å²) in [6.45, 7) is 51.7. The van der Waals surface area contributed by atoms with Crippen molar-refractivity contribution in [3.8, 4) is 0 Å². The number of unbranched alkanes of at least 4 members (excludes halogenated alkanes) is 1. The van der Waals surface area contributed by atoms with Crippen LogP contribution in [0.25, 0.3) is 0 Å². The number of ether oxygens (including phenoxy) is 3. The summed E-state index contributed by atoms with van der Waals surface area (Å²) in [6, 6.07) is -9.38. The molecular formula is C106H165N15O22. The predicted molar refractivity (Wildman–Crippen MR) is 532 cm³/mol. The normalized spacial score (nSPS) is 24.4. The number of piperidine rings is 3. The zero-order valence-corrected chi connectivity index (χ0v) is 88.7. The Morgan fingerprint density at radius 3 is 1.24 bits per heavy atom. The second kappa shape index (κ2) is 45.9. The molecule has 15 amide bonds. The quantitative estimate of drug-likeness (QED) is 0.0125. The molecule has 13 N–H and O–H groups in total. The minimum absolute atomic E-state index is 0.0554. The van der Waals surface area contributed by atoms with E-state index in [1.807, 2.05) is 145 Å². The molecule has 37 heteroatoms. The number of hydrogen-bond donors (Lipinski definition) is 12. The van der Waals surface area contributed by atoms with E-state index in [0.29, 0.717) is 75.3 Å². The van der Waals surface area contributed by atoms with Crippen molar-refractivity contribution in [2.45, 2.75) is 372 Å². The van der Waals surface area contributed by atoms with E-state index in [0.717, 1.165) is 77.0 Å². The van der Waals surface area contributed by atoms with E-state index < -0.39 is 200 Å². The molecule has 37 nitrogen and oxygen atoms in total. The molecule has 1 aromatic rings. The molecule has 0 bridgehead atoms. The fourth-order valence-electron chi connectivity index (χ4n) is 21.8. The Hall–Kier alpha value is -10.8. The standard InChI is InChI=1S/C37H59N5O7.C35H57N5O7.C34H49N5O8/c1-10-12-13-24(28(43)32(45)38-18-11-2)39-31(44)27-25-23(37(25,8)9)19-42(27)33(46)30(36(5,6)7)41-35(48)40-26(20(3)4)34(47)49-29(21-14-15-21)22-16-17-22;1-12-14-22(26(41)29(43)36-17-13-2)37-28(42)25-23-21(34(23,8)9)18-40(25)30(44)27(33(5,6)7)39-32(46)38-24(19(3)4)31(45)47-35(10,11)20-15-16-20;1-32(2,3)26(37-31(45)38-34(13-7-6-8-14-34)30(44)47-18-20-10-9-15-46-20)29(43)39-17-21-23(33(21,4)5)24(39)28(42)36-22(16-19-11-12-19)25(40)27(35)41/h11,20-27,29-30H,2,10,12-19H2,1,3-9H3,(H,38,45)(H,39,44)(H2,40,41,48);13,19-25,27H,2,12,14-18H2,1,3-11H3,(H,36,43)(H,37,42)(H2,38,39,46);9-10,15,19,21-24,26H,6-8,11-14,16-18H2,1-5H3,(H2,35,41)(H,36,42)(H2,37,38,45)/t23-,24?,25-,26-,27-,30+;21-,22?,23-,24-,25-,27+;21-,22?,23-,24-,26+/m000/s1. The minimum Gasteiger partial charge on any atom is -0.466 e. The van der Waals surface area contributed by atoms with Crippen LogP contribution in [0.2, 0.25) is 0 Å². The number of urea groups is 3. The van der Waals surface area contributed by atoms with Gasteiger partial charge in [-0.2, -0.15) is 0 Å². The number of likely N-dealkylation sites (tertiary alicyclic amines) is 3. The van der Waals surface area contributed by atoms with Crippen molar-refractivity contribution in [1.29, 1.82) is 0 Å². The fourth-order valence-corrected chi connectivity index (χ4v) is 21.8. The Morgan fingerprint density at radius 2 is 0.895 bits per heavy atom. The molecule has 4 heterocycles. The van der Waals surface area contributed by atoms with Crippen molar-refractivity contribution >= 4 is 107 Å². The molecule has 1 aromatic heterocycles. The van der Waals surface area contributed by atoms with Gasteiger partial charge in [-0.05, 0) is 200 Å². The zero-order chi connectivity index (χ0) is 106.